The molecule has 1 aromatic carbocycles. The van der Waals surface area contributed by atoms with E-state index in [-0.39, 0.29) is 17.9 Å². The number of ether oxygens (including phenoxy) is 1. The van der Waals surface area contributed by atoms with Gasteiger partial charge in [-0.1, -0.05) is 16.9 Å². The maximum absolute atomic E-state index is 13.2. The number of aromatic nitrogens is 3. The number of carbonyl (C=O) groups is 1. The van der Waals surface area contributed by atoms with E-state index >= 15 is 0 Å². The molecule has 0 spiro atoms. The van der Waals surface area contributed by atoms with Crippen LogP contribution in [0.3, 0.4) is 0 Å². The Labute approximate surface area is 135 Å². The van der Waals surface area contributed by atoms with E-state index in [2.05, 4.69) is 9.97 Å². The lowest BCUT2D eigenvalue weighted by Gasteiger charge is -2.06. The average Bonchev–Trinajstić information content (AvgIpc) is 2.94. The molecule has 3 rings (SSSR count). The summed E-state index contributed by atoms with van der Waals surface area (Å²) in [6.45, 7) is 1.74. The van der Waals surface area contributed by atoms with Crippen molar-refractivity contribution >= 4 is 6.09 Å². The Bertz CT molecular complexity index is 917. The van der Waals surface area contributed by atoms with Crippen molar-refractivity contribution in [2.24, 2.45) is 0 Å². The van der Waals surface area contributed by atoms with Gasteiger partial charge in [0.05, 0.1) is 17.9 Å². The first-order valence-electron chi connectivity index (χ1n) is 7.07. The summed E-state index contributed by atoms with van der Waals surface area (Å²) in [5.74, 6) is -0.448. The van der Waals surface area contributed by atoms with E-state index in [1.165, 1.54) is 42.9 Å². The molecular formula is C16H12FN3O4. The van der Waals surface area contributed by atoms with Gasteiger partial charge >= 0.3 is 11.7 Å². The second kappa shape index (κ2) is 6.45. The molecule has 0 saturated carbocycles. The fourth-order valence-electron chi connectivity index (χ4n) is 2.22. The number of nitrogens with zero attached hydrogens (tertiary/aromatic N) is 3. The molecule has 0 amide bonds. The Hall–Kier alpha value is -3.29. The van der Waals surface area contributed by atoms with Crippen LogP contribution in [0.2, 0.25) is 0 Å². The van der Waals surface area contributed by atoms with Crippen LogP contribution < -0.4 is 5.63 Å². The molecule has 24 heavy (non-hydrogen) atoms. The monoisotopic (exact) mass is 329 g/mol. The molecule has 0 radical (unpaired) electrons. The van der Waals surface area contributed by atoms with E-state index in [9.17, 15) is 14.0 Å². The third kappa shape index (κ3) is 2.81. The number of carbonyl (C=O) groups excluding carboxylic acids is 1. The molecule has 0 saturated heterocycles. The standard InChI is InChI=1S/C16H12FN3O4/c1-2-23-16(22)20-14(12-7-8-18-9-19-12)13(15(21)24-20)10-3-5-11(17)6-4-10/h3-9H,2H2,1H3. The van der Waals surface area contributed by atoms with E-state index in [0.717, 1.165) is 4.74 Å². The highest BCUT2D eigenvalue weighted by molar-refractivity contribution is 5.85. The lowest BCUT2D eigenvalue weighted by atomic mass is 10.0. The highest BCUT2D eigenvalue weighted by atomic mass is 19.1. The lowest BCUT2D eigenvalue weighted by molar-refractivity contribution is 0.124. The Morgan fingerprint density at radius 3 is 2.67 bits per heavy atom. The van der Waals surface area contributed by atoms with Crippen molar-refractivity contribution in [2.45, 2.75) is 6.92 Å². The molecule has 7 nitrogen and oxygen atoms in total. The fraction of sp³-hybridized carbons (Fsp3) is 0.125. The van der Waals surface area contributed by atoms with E-state index in [1.807, 2.05) is 0 Å². The first-order chi connectivity index (χ1) is 11.6. The predicted molar refractivity (Wildman–Crippen MR) is 81.8 cm³/mol. The SMILES string of the molecule is CCOC(=O)n1oc(=O)c(-c2ccc(F)cc2)c1-c1ccncn1. The van der Waals surface area contributed by atoms with E-state index in [1.54, 1.807) is 6.92 Å². The molecule has 0 atom stereocenters. The Balaban J connectivity index is 2.27. The van der Waals surface area contributed by atoms with Crippen LogP contribution in [0.25, 0.3) is 22.5 Å². The second-order valence-corrected chi connectivity index (χ2v) is 4.70. The van der Waals surface area contributed by atoms with Gasteiger partial charge < -0.3 is 9.26 Å². The second-order valence-electron chi connectivity index (χ2n) is 4.70. The predicted octanol–water partition coefficient (Wildman–Crippen LogP) is 2.71. The summed E-state index contributed by atoms with van der Waals surface area (Å²) >= 11 is 0. The Morgan fingerprint density at radius 1 is 1.29 bits per heavy atom. The van der Waals surface area contributed by atoms with Gasteiger partial charge in [-0.15, -0.1) is 0 Å². The summed E-state index contributed by atoms with van der Waals surface area (Å²) in [7, 11) is 0. The minimum atomic E-state index is -0.850. The first-order valence-corrected chi connectivity index (χ1v) is 7.07. The van der Waals surface area contributed by atoms with Gasteiger partial charge in [0.1, 0.15) is 17.8 Å². The third-order valence-corrected chi connectivity index (χ3v) is 3.21. The molecule has 0 bridgehead atoms. The molecule has 0 unspecified atom stereocenters. The van der Waals surface area contributed by atoms with E-state index < -0.39 is 17.5 Å². The quantitative estimate of drug-likeness (QED) is 0.734. The van der Waals surface area contributed by atoms with Crippen LogP contribution in [0.5, 0.6) is 0 Å². The number of halogens is 1. The van der Waals surface area contributed by atoms with Gasteiger partial charge in [0, 0.05) is 6.20 Å². The van der Waals surface area contributed by atoms with Crippen LogP contribution in [0.15, 0.2) is 52.2 Å². The molecule has 2 heterocycles. The van der Waals surface area contributed by atoms with Gasteiger partial charge in [-0.25, -0.2) is 23.9 Å². The van der Waals surface area contributed by atoms with Crippen LogP contribution >= 0.6 is 0 Å². The van der Waals surface area contributed by atoms with Crippen molar-refractivity contribution in [3.63, 3.8) is 0 Å². The first kappa shape index (κ1) is 15.6. The Morgan fingerprint density at radius 2 is 2.04 bits per heavy atom. The van der Waals surface area contributed by atoms with Crippen molar-refractivity contribution in [3.8, 4) is 22.5 Å². The number of rotatable bonds is 3. The summed E-state index contributed by atoms with van der Waals surface area (Å²) in [6.07, 6.45) is 1.89. The van der Waals surface area contributed by atoms with Gasteiger partial charge in [0.2, 0.25) is 0 Å². The zero-order chi connectivity index (χ0) is 17.1. The summed E-state index contributed by atoms with van der Waals surface area (Å²) in [6, 6.07) is 6.77. The van der Waals surface area contributed by atoms with E-state index in [0.29, 0.717) is 11.3 Å². The number of hydrogen-bond acceptors (Lipinski definition) is 6. The maximum Gasteiger partial charge on any atom is 0.448 e. The van der Waals surface area contributed by atoms with Gasteiger partial charge in [0.15, 0.2) is 0 Å². The summed E-state index contributed by atoms with van der Waals surface area (Å²) in [4.78, 5) is 32.3. The normalized spacial score (nSPS) is 10.6. The van der Waals surface area contributed by atoms with Crippen LogP contribution in [0.1, 0.15) is 6.92 Å². The van der Waals surface area contributed by atoms with Gasteiger partial charge in [-0.05, 0) is 30.7 Å². The van der Waals surface area contributed by atoms with Crippen LogP contribution in [0, 0.1) is 5.82 Å². The third-order valence-electron chi connectivity index (χ3n) is 3.21. The van der Waals surface area contributed by atoms with Crippen molar-refractivity contribution in [2.75, 3.05) is 6.61 Å². The van der Waals surface area contributed by atoms with Crippen LogP contribution in [-0.2, 0) is 4.74 Å². The van der Waals surface area contributed by atoms with Crippen molar-refractivity contribution < 1.29 is 18.4 Å². The highest BCUT2D eigenvalue weighted by Gasteiger charge is 2.26. The molecular weight excluding hydrogens is 317 g/mol. The summed E-state index contributed by atoms with van der Waals surface area (Å²) < 4.78 is 23.8. The molecule has 0 N–H and O–H groups in total. The molecule has 3 aromatic rings. The molecule has 2 aromatic heterocycles. The molecule has 122 valence electrons. The van der Waals surface area contributed by atoms with Gasteiger partial charge in [0.25, 0.3) is 0 Å². The average molecular weight is 329 g/mol. The molecule has 0 aliphatic carbocycles. The zero-order valence-corrected chi connectivity index (χ0v) is 12.6. The maximum atomic E-state index is 13.2. The number of benzene rings is 1. The lowest BCUT2D eigenvalue weighted by Crippen LogP contribution is -2.14. The Kier molecular flexibility index (Phi) is 4.19. The van der Waals surface area contributed by atoms with Crippen LogP contribution in [0.4, 0.5) is 9.18 Å². The van der Waals surface area contributed by atoms with Crippen LogP contribution in [-0.4, -0.2) is 27.4 Å². The smallest absolute Gasteiger partial charge is 0.447 e. The largest absolute Gasteiger partial charge is 0.448 e. The minimum absolute atomic E-state index is 0.0850. The van der Waals surface area contributed by atoms with Gasteiger partial charge in [-0.2, -0.15) is 0 Å². The molecule has 8 heteroatoms. The van der Waals surface area contributed by atoms with Crippen molar-refractivity contribution in [1.29, 1.82) is 0 Å². The summed E-state index contributed by atoms with van der Waals surface area (Å²) in [5.41, 5.74) is 0.127. The molecule has 0 aliphatic rings. The zero-order valence-electron chi connectivity index (χ0n) is 12.6. The topological polar surface area (TPSA) is 87.2 Å². The van der Waals surface area contributed by atoms with Crippen molar-refractivity contribution in [1.82, 2.24) is 14.7 Å². The van der Waals surface area contributed by atoms with Crippen molar-refractivity contribution in [3.05, 3.63) is 59.1 Å². The van der Waals surface area contributed by atoms with Gasteiger partial charge in [-0.3, -0.25) is 0 Å². The minimum Gasteiger partial charge on any atom is -0.447 e. The fourth-order valence-corrected chi connectivity index (χ4v) is 2.22. The molecule has 0 fully saturated rings. The number of hydrogen-bond donors (Lipinski definition) is 0. The summed E-state index contributed by atoms with van der Waals surface area (Å²) in [5, 5.41) is 0. The molecule has 0 aliphatic heterocycles. The highest BCUT2D eigenvalue weighted by Crippen LogP contribution is 2.29. The van der Waals surface area contributed by atoms with E-state index in [4.69, 9.17) is 9.26 Å².